The fourth-order valence-corrected chi connectivity index (χ4v) is 1.88. The first-order valence-corrected chi connectivity index (χ1v) is 7.52. The van der Waals surface area contributed by atoms with Crippen LogP contribution >= 0.6 is 0 Å². The number of nitrogens with one attached hydrogen (secondary N) is 1. The molecule has 116 valence electrons. The number of nitrogens with zero attached hydrogens (tertiary/aromatic N) is 1. The van der Waals surface area contributed by atoms with Crippen LogP contribution in [-0.2, 0) is 6.54 Å². The van der Waals surface area contributed by atoms with Gasteiger partial charge in [0.1, 0.15) is 5.75 Å². The van der Waals surface area contributed by atoms with Crippen molar-refractivity contribution in [1.29, 1.82) is 5.26 Å². The van der Waals surface area contributed by atoms with Gasteiger partial charge >= 0.3 is 0 Å². The number of hydrogen-bond acceptors (Lipinski definition) is 3. The van der Waals surface area contributed by atoms with Gasteiger partial charge < -0.3 is 10.1 Å². The zero-order valence-corrected chi connectivity index (χ0v) is 14.2. The van der Waals surface area contributed by atoms with Gasteiger partial charge in [-0.15, -0.1) is 0 Å². The maximum Gasteiger partial charge on any atom is 0.126 e. The summed E-state index contributed by atoms with van der Waals surface area (Å²) in [4.78, 5) is 0. The summed E-state index contributed by atoms with van der Waals surface area (Å²) in [5.41, 5.74) is 2.04. The van der Waals surface area contributed by atoms with E-state index >= 15 is 0 Å². The van der Waals surface area contributed by atoms with Crippen molar-refractivity contribution in [1.82, 2.24) is 5.32 Å². The zero-order chi connectivity index (χ0) is 16.1. The van der Waals surface area contributed by atoms with Crippen LogP contribution in [0.3, 0.4) is 0 Å². The van der Waals surface area contributed by atoms with Crippen molar-refractivity contribution in [3.8, 4) is 11.8 Å². The second-order valence-electron chi connectivity index (χ2n) is 7.26. The van der Waals surface area contributed by atoms with Crippen LogP contribution in [0.1, 0.15) is 52.2 Å². The average Bonchev–Trinajstić information content (AvgIpc) is 2.38. The molecule has 3 nitrogen and oxygen atoms in total. The van der Waals surface area contributed by atoms with Gasteiger partial charge in [0.15, 0.2) is 0 Å². The first-order chi connectivity index (χ1) is 9.64. The molecule has 21 heavy (non-hydrogen) atoms. The average molecular weight is 288 g/mol. The molecule has 0 aromatic heterocycles. The molecular weight excluding hydrogens is 260 g/mol. The molecule has 0 aliphatic carbocycles. The van der Waals surface area contributed by atoms with Crippen LogP contribution in [0.2, 0.25) is 0 Å². The van der Waals surface area contributed by atoms with Crippen molar-refractivity contribution < 1.29 is 4.74 Å². The number of hydrogen-bond donors (Lipinski definition) is 1. The lowest BCUT2D eigenvalue weighted by molar-refractivity contribution is 0.259. The van der Waals surface area contributed by atoms with Gasteiger partial charge in [-0.05, 0) is 53.5 Å². The van der Waals surface area contributed by atoms with Crippen LogP contribution in [0.25, 0.3) is 0 Å². The van der Waals surface area contributed by atoms with E-state index < -0.39 is 0 Å². The fourth-order valence-electron chi connectivity index (χ4n) is 1.88. The predicted octanol–water partition coefficient (Wildman–Crippen LogP) is 4.20. The normalized spacial score (nSPS) is 12.0. The van der Waals surface area contributed by atoms with Crippen LogP contribution in [0.15, 0.2) is 18.2 Å². The summed E-state index contributed by atoms with van der Waals surface area (Å²) in [5, 5.41) is 12.5. The fraction of sp³-hybridized carbons (Fsp3) is 0.611. The molecule has 3 heteroatoms. The molecule has 1 rings (SSSR count). The van der Waals surface area contributed by atoms with Crippen molar-refractivity contribution in [3.05, 3.63) is 29.3 Å². The highest BCUT2D eigenvalue weighted by Gasteiger charge is 2.17. The smallest absolute Gasteiger partial charge is 0.126 e. The minimum absolute atomic E-state index is 0.0732. The summed E-state index contributed by atoms with van der Waals surface area (Å²) in [5.74, 6) is 0.947. The van der Waals surface area contributed by atoms with Crippen molar-refractivity contribution in [2.75, 3.05) is 6.61 Å². The molecule has 0 fully saturated rings. The Kier molecular flexibility index (Phi) is 5.80. The minimum Gasteiger partial charge on any atom is -0.493 e. The molecule has 0 saturated heterocycles. The Morgan fingerprint density at radius 2 is 1.86 bits per heavy atom. The SMILES string of the molecule is Cc1cccc(CNC(C)(C)C)c1OCCC(C)(C)C#N. The maximum absolute atomic E-state index is 9.06. The summed E-state index contributed by atoms with van der Waals surface area (Å²) < 4.78 is 5.98. The highest BCUT2D eigenvalue weighted by Crippen LogP contribution is 2.26. The molecule has 0 saturated carbocycles. The molecule has 1 N–H and O–H groups in total. The monoisotopic (exact) mass is 288 g/mol. The number of rotatable bonds is 6. The molecule has 1 aromatic carbocycles. The summed E-state index contributed by atoms with van der Waals surface area (Å²) in [6.07, 6.45) is 0.726. The molecule has 0 unspecified atom stereocenters. The second-order valence-corrected chi connectivity index (χ2v) is 7.26. The van der Waals surface area contributed by atoms with E-state index in [0.29, 0.717) is 6.61 Å². The highest BCUT2D eigenvalue weighted by molar-refractivity contribution is 5.40. The standard InChI is InChI=1S/C18H28N2O/c1-14-8-7-9-15(12-20-17(2,3)4)16(14)21-11-10-18(5,6)13-19/h7-9,20H,10-12H2,1-6H3. The molecule has 0 aliphatic rings. The van der Waals surface area contributed by atoms with Gasteiger partial charge in [0.05, 0.1) is 18.1 Å². The van der Waals surface area contributed by atoms with Crippen LogP contribution in [-0.4, -0.2) is 12.1 Å². The Morgan fingerprint density at radius 3 is 2.43 bits per heavy atom. The van der Waals surface area contributed by atoms with E-state index in [2.05, 4.69) is 57.3 Å². The lowest BCUT2D eigenvalue weighted by atomic mass is 9.92. The Bertz CT molecular complexity index is 507. The largest absolute Gasteiger partial charge is 0.493 e. The Balaban J connectivity index is 2.75. The first kappa shape index (κ1) is 17.5. The van der Waals surface area contributed by atoms with Gasteiger partial charge in [-0.2, -0.15) is 5.26 Å². The topological polar surface area (TPSA) is 45.0 Å². The molecule has 0 aliphatic heterocycles. The van der Waals surface area contributed by atoms with E-state index in [1.807, 2.05) is 13.8 Å². The van der Waals surface area contributed by atoms with E-state index in [9.17, 15) is 0 Å². The molecular formula is C18H28N2O. The van der Waals surface area contributed by atoms with Crippen LogP contribution in [0.5, 0.6) is 5.75 Å². The van der Waals surface area contributed by atoms with Gasteiger partial charge in [-0.3, -0.25) is 0 Å². The van der Waals surface area contributed by atoms with E-state index in [0.717, 1.165) is 24.3 Å². The van der Waals surface area contributed by atoms with Gasteiger partial charge in [0.25, 0.3) is 0 Å². The Morgan fingerprint density at radius 1 is 1.19 bits per heavy atom. The number of aryl methyl sites for hydroxylation is 1. The van der Waals surface area contributed by atoms with Crippen LogP contribution in [0.4, 0.5) is 0 Å². The Labute approximate surface area is 129 Å². The summed E-state index contributed by atoms with van der Waals surface area (Å²) in [6, 6.07) is 8.52. The molecule has 0 bridgehead atoms. The van der Waals surface area contributed by atoms with Gasteiger partial charge in [-0.25, -0.2) is 0 Å². The molecule has 0 spiro atoms. The highest BCUT2D eigenvalue weighted by atomic mass is 16.5. The minimum atomic E-state index is -0.341. The summed E-state index contributed by atoms with van der Waals surface area (Å²) >= 11 is 0. The number of nitriles is 1. The second kappa shape index (κ2) is 6.95. The molecule has 0 radical (unpaired) electrons. The first-order valence-electron chi connectivity index (χ1n) is 7.52. The lowest BCUT2D eigenvalue weighted by Crippen LogP contribution is -2.35. The molecule has 0 heterocycles. The van der Waals surface area contributed by atoms with E-state index in [4.69, 9.17) is 10.00 Å². The van der Waals surface area contributed by atoms with Crippen molar-refractivity contribution in [3.63, 3.8) is 0 Å². The van der Waals surface area contributed by atoms with Crippen molar-refractivity contribution >= 4 is 0 Å². The zero-order valence-electron chi connectivity index (χ0n) is 14.2. The van der Waals surface area contributed by atoms with Crippen LogP contribution in [0, 0.1) is 23.7 Å². The lowest BCUT2D eigenvalue weighted by Gasteiger charge is -2.23. The number of benzene rings is 1. The molecule has 0 atom stereocenters. The van der Waals surface area contributed by atoms with E-state index in [1.165, 1.54) is 5.56 Å². The quantitative estimate of drug-likeness (QED) is 0.853. The third-order valence-corrected chi connectivity index (χ3v) is 3.38. The molecule has 0 amide bonds. The van der Waals surface area contributed by atoms with Crippen molar-refractivity contribution in [2.45, 2.75) is 60.0 Å². The van der Waals surface area contributed by atoms with Gasteiger partial charge in [-0.1, -0.05) is 18.2 Å². The number of ether oxygens (including phenoxy) is 1. The van der Waals surface area contributed by atoms with E-state index in [-0.39, 0.29) is 11.0 Å². The molecule has 1 aromatic rings. The van der Waals surface area contributed by atoms with Gasteiger partial charge in [0.2, 0.25) is 0 Å². The van der Waals surface area contributed by atoms with Crippen LogP contribution < -0.4 is 10.1 Å². The third-order valence-electron chi connectivity index (χ3n) is 3.38. The Hall–Kier alpha value is -1.53. The third kappa shape index (κ3) is 6.18. The van der Waals surface area contributed by atoms with Gasteiger partial charge in [0, 0.05) is 17.6 Å². The predicted molar refractivity (Wildman–Crippen MR) is 87.3 cm³/mol. The van der Waals surface area contributed by atoms with E-state index in [1.54, 1.807) is 0 Å². The maximum atomic E-state index is 9.06. The van der Waals surface area contributed by atoms with Crippen molar-refractivity contribution in [2.24, 2.45) is 5.41 Å². The summed E-state index contributed by atoms with van der Waals surface area (Å²) in [6.45, 7) is 13.7. The number of para-hydroxylation sites is 1. The summed E-state index contributed by atoms with van der Waals surface area (Å²) in [7, 11) is 0.